The van der Waals surface area contributed by atoms with Crippen molar-refractivity contribution >= 4 is 73.9 Å². The van der Waals surface area contributed by atoms with E-state index in [1.54, 1.807) is 0 Å². The van der Waals surface area contributed by atoms with Gasteiger partial charge in [0, 0.05) is 0 Å². The second kappa shape index (κ2) is 16.4. The van der Waals surface area contributed by atoms with Gasteiger partial charge in [-0.2, -0.15) is 0 Å². The van der Waals surface area contributed by atoms with Gasteiger partial charge >= 0.3 is 385 Å². The molecule has 0 aromatic heterocycles. The van der Waals surface area contributed by atoms with Crippen LogP contribution in [-0.4, -0.2) is 13.3 Å². The van der Waals surface area contributed by atoms with Crippen molar-refractivity contribution in [2.24, 2.45) is 0 Å². The molecule has 12 aromatic rings. The molecule has 1 heteroatoms. The van der Waals surface area contributed by atoms with Crippen LogP contribution in [0.1, 0.15) is 0 Å². The van der Waals surface area contributed by atoms with Crippen LogP contribution in [0.5, 0.6) is 0 Å². The van der Waals surface area contributed by atoms with E-state index < -0.39 is 13.3 Å². The van der Waals surface area contributed by atoms with Gasteiger partial charge in [-0.05, 0) is 0 Å². The predicted octanol–water partition coefficient (Wildman–Crippen LogP) is 14.3. The second-order valence-corrected chi connectivity index (χ2v) is 25.2. The van der Waals surface area contributed by atoms with Gasteiger partial charge in [0.2, 0.25) is 0 Å². The summed E-state index contributed by atoms with van der Waals surface area (Å²) >= 11 is -3.83. The van der Waals surface area contributed by atoms with E-state index in [1.807, 2.05) is 0 Å². The van der Waals surface area contributed by atoms with Gasteiger partial charge in [0.1, 0.15) is 0 Å². The van der Waals surface area contributed by atoms with Crippen LogP contribution in [0.3, 0.4) is 0 Å². The molecule has 0 aliphatic rings. The third-order valence-corrected chi connectivity index (χ3v) is 23.7. The fourth-order valence-corrected chi connectivity index (χ4v) is 20.3. The Hall–Kier alpha value is -7.78. The molecule has 0 aliphatic heterocycles. The summed E-state index contributed by atoms with van der Waals surface area (Å²) in [6, 6.07) is 100. The number of benzene rings is 12. The summed E-state index contributed by atoms with van der Waals surface area (Å²) in [4.78, 5) is 0. The summed E-state index contributed by atoms with van der Waals surface area (Å²) in [5, 5.41) is 10.1. The average Bonchev–Trinajstić information content (AvgIpc) is 3.39. The first-order chi connectivity index (χ1) is 32.2. The van der Waals surface area contributed by atoms with Crippen molar-refractivity contribution in [3.8, 4) is 44.5 Å². The van der Waals surface area contributed by atoms with Gasteiger partial charge in [0.25, 0.3) is 0 Å². The first-order valence-corrected chi connectivity index (χ1v) is 26.8. The maximum absolute atomic E-state index is 3.83. The molecule has 0 N–H and O–H groups in total. The Labute approximate surface area is 383 Å². The summed E-state index contributed by atoms with van der Waals surface area (Å²) in [5.41, 5.74) is 9.93. The fraction of sp³-hybridized carbons (Fsp3) is 0. The van der Waals surface area contributed by atoms with Crippen LogP contribution >= 0.6 is 0 Å². The minimum absolute atomic E-state index is 1.23. The van der Waals surface area contributed by atoms with E-state index in [0.717, 1.165) is 0 Å². The number of fused-ring (bicyclic) bond motifs is 4. The summed E-state index contributed by atoms with van der Waals surface area (Å²) in [6.45, 7) is 0. The molecule has 12 rings (SSSR count). The molecule has 0 saturated carbocycles. The van der Waals surface area contributed by atoms with E-state index in [4.69, 9.17) is 0 Å². The van der Waals surface area contributed by atoms with Gasteiger partial charge in [-0.3, -0.25) is 0 Å². The third-order valence-electron chi connectivity index (χ3n) is 13.7. The molecule has 12 aromatic carbocycles. The Balaban J connectivity index is 1.08. The first-order valence-electron chi connectivity index (χ1n) is 22.6. The zero-order valence-electron chi connectivity index (χ0n) is 35.9. The fourth-order valence-electron chi connectivity index (χ4n) is 10.5. The number of hydrogen-bond donors (Lipinski definition) is 0. The van der Waals surface area contributed by atoms with Crippen molar-refractivity contribution in [1.82, 2.24) is 0 Å². The Morgan fingerprint density at radius 1 is 0.169 bits per heavy atom. The topological polar surface area (TPSA) is 0 Å². The molecule has 304 valence electrons. The van der Waals surface area contributed by atoms with Gasteiger partial charge in [0.15, 0.2) is 0 Å². The Kier molecular flexibility index (Phi) is 9.81. The van der Waals surface area contributed by atoms with Crippen LogP contribution in [-0.2, 0) is 0 Å². The molecule has 0 heterocycles. The summed E-state index contributed by atoms with van der Waals surface area (Å²) in [5.74, 6) is 0. The van der Waals surface area contributed by atoms with Crippen molar-refractivity contribution in [1.29, 1.82) is 0 Å². The molecule has 0 bridgehead atoms. The molecule has 0 saturated heterocycles. The SMILES string of the molecule is c1ccc2c(-c3cc[c]([Ge]([c]4ccc(-c5cccc6ccccc56)cc4)([c]4ccc(-c5cccc6ccccc56)cc4)[c]4ccc(-c5cccc6ccccc56)cc4)cc3)cccc2c1. The van der Waals surface area contributed by atoms with Gasteiger partial charge in [-0.1, -0.05) is 0 Å². The van der Waals surface area contributed by atoms with Crippen LogP contribution in [0.25, 0.3) is 87.6 Å². The normalized spacial score (nSPS) is 11.7. The molecule has 0 spiro atoms. The van der Waals surface area contributed by atoms with Gasteiger partial charge in [-0.15, -0.1) is 0 Å². The molecule has 0 amide bonds. The van der Waals surface area contributed by atoms with E-state index >= 15 is 0 Å². The number of hydrogen-bond acceptors (Lipinski definition) is 0. The Bertz CT molecular complexity index is 3160. The van der Waals surface area contributed by atoms with E-state index in [0.29, 0.717) is 0 Å². The third kappa shape index (κ3) is 6.77. The van der Waals surface area contributed by atoms with Crippen LogP contribution in [0.4, 0.5) is 0 Å². The standard InChI is InChI=1S/C64H44Ge/c1-5-21-57-45(13-1)17-9-25-61(57)49-29-37-53(38-30-49)65(54-39-31-50(32-40-54)62-26-10-18-46-14-2-6-22-58(46)62,55-41-33-51(34-42-55)63-27-11-19-47-15-3-7-23-59(47)63)56-43-35-52(36-44-56)64-28-12-20-48-16-4-8-24-60(48)64/h1-44H. The second-order valence-electron chi connectivity index (χ2n) is 17.2. The zero-order valence-corrected chi connectivity index (χ0v) is 38.0. The number of rotatable bonds is 8. The van der Waals surface area contributed by atoms with E-state index in [1.165, 1.54) is 105 Å². The maximum atomic E-state index is 2.45. The predicted molar refractivity (Wildman–Crippen MR) is 282 cm³/mol. The van der Waals surface area contributed by atoms with Crippen molar-refractivity contribution in [3.05, 3.63) is 267 Å². The molecular weight excluding hydrogens is 841 g/mol. The van der Waals surface area contributed by atoms with E-state index in [9.17, 15) is 0 Å². The van der Waals surface area contributed by atoms with Crippen molar-refractivity contribution in [2.75, 3.05) is 0 Å². The Morgan fingerprint density at radius 3 is 0.600 bits per heavy atom. The van der Waals surface area contributed by atoms with Gasteiger partial charge in [0.05, 0.1) is 0 Å². The van der Waals surface area contributed by atoms with Crippen molar-refractivity contribution < 1.29 is 0 Å². The molecule has 0 atom stereocenters. The summed E-state index contributed by atoms with van der Waals surface area (Å²) in [6.07, 6.45) is 0. The van der Waals surface area contributed by atoms with Crippen molar-refractivity contribution in [2.45, 2.75) is 0 Å². The van der Waals surface area contributed by atoms with E-state index in [2.05, 4.69) is 267 Å². The van der Waals surface area contributed by atoms with Gasteiger partial charge in [-0.25, -0.2) is 0 Å². The molecule has 65 heavy (non-hydrogen) atoms. The van der Waals surface area contributed by atoms with E-state index in [-0.39, 0.29) is 0 Å². The van der Waals surface area contributed by atoms with Crippen molar-refractivity contribution in [3.63, 3.8) is 0 Å². The monoisotopic (exact) mass is 886 g/mol. The van der Waals surface area contributed by atoms with Gasteiger partial charge < -0.3 is 0 Å². The first kappa shape index (κ1) is 38.9. The average molecular weight is 886 g/mol. The molecule has 0 fully saturated rings. The van der Waals surface area contributed by atoms with Crippen LogP contribution in [0.2, 0.25) is 0 Å². The molecule has 0 unspecified atom stereocenters. The molecule has 0 aliphatic carbocycles. The minimum atomic E-state index is -3.83. The van der Waals surface area contributed by atoms with Crippen LogP contribution in [0.15, 0.2) is 267 Å². The van der Waals surface area contributed by atoms with Crippen LogP contribution in [0, 0.1) is 0 Å². The van der Waals surface area contributed by atoms with Crippen LogP contribution < -0.4 is 17.6 Å². The summed E-state index contributed by atoms with van der Waals surface area (Å²) in [7, 11) is 0. The Morgan fingerprint density at radius 2 is 0.369 bits per heavy atom. The zero-order chi connectivity index (χ0) is 43.2. The molecule has 0 radical (unpaired) electrons. The molecular formula is C64H44Ge. The molecule has 0 nitrogen and oxygen atoms in total. The quantitative estimate of drug-likeness (QED) is 0.133. The summed E-state index contributed by atoms with van der Waals surface area (Å²) < 4.78 is 5.57.